The lowest BCUT2D eigenvalue weighted by atomic mass is 10.0. The predicted octanol–water partition coefficient (Wildman–Crippen LogP) is 0.389. The monoisotopic (exact) mass is 249 g/mol. The topological polar surface area (TPSA) is 66.4 Å². The number of hydrogen-bond acceptors (Lipinski definition) is 2. The van der Waals surface area contributed by atoms with Crippen LogP contribution in [-0.4, -0.2) is 48.1 Å². The molecule has 5 heteroatoms. The zero-order chi connectivity index (χ0) is 13.2. The highest BCUT2D eigenvalue weighted by Gasteiger charge is 2.43. The minimum Gasteiger partial charge on any atom is -0.477 e. The molecule has 2 atom stereocenters. The molecule has 0 bridgehead atoms. The standard InChI is InChI=1S/C13H16N2O3/c1-15(8-7-14-11(16)9-15)12(13(17)18)10-5-3-2-4-6-10/h2-6,12H,7-9H2,1H3,(H-,14,16,17,18)/p+1. The summed E-state index contributed by atoms with van der Waals surface area (Å²) in [6, 6.07) is 8.40. The van der Waals surface area contributed by atoms with Gasteiger partial charge in [-0.15, -0.1) is 0 Å². The van der Waals surface area contributed by atoms with Gasteiger partial charge in [0.15, 0.2) is 6.54 Å². The summed E-state index contributed by atoms with van der Waals surface area (Å²) in [5.41, 5.74) is 0.738. The lowest BCUT2D eigenvalue weighted by Crippen LogP contribution is -2.61. The molecule has 0 aromatic heterocycles. The molecule has 1 aliphatic heterocycles. The first-order valence-electron chi connectivity index (χ1n) is 5.91. The number of aliphatic carboxylic acids is 1. The summed E-state index contributed by atoms with van der Waals surface area (Å²) in [4.78, 5) is 23.1. The molecule has 0 radical (unpaired) electrons. The van der Waals surface area contributed by atoms with E-state index in [9.17, 15) is 14.7 Å². The van der Waals surface area contributed by atoms with Crippen molar-refractivity contribution < 1.29 is 19.2 Å². The number of rotatable bonds is 3. The van der Waals surface area contributed by atoms with Gasteiger partial charge in [-0.1, -0.05) is 30.3 Å². The van der Waals surface area contributed by atoms with Crippen LogP contribution < -0.4 is 5.32 Å². The zero-order valence-electron chi connectivity index (χ0n) is 10.3. The van der Waals surface area contributed by atoms with E-state index < -0.39 is 12.0 Å². The average Bonchev–Trinajstić information content (AvgIpc) is 2.29. The van der Waals surface area contributed by atoms with Gasteiger partial charge in [0.1, 0.15) is 0 Å². The molecule has 2 N–H and O–H groups in total. The minimum absolute atomic E-state index is 0.0917. The van der Waals surface area contributed by atoms with Crippen molar-refractivity contribution in [1.82, 2.24) is 5.32 Å². The van der Waals surface area contributed by atoms with Crippen LogP contribution in [0.1, 0.15) is 11.6 Å². The molecule has 18 heavy (non-hydrogen) atoms. The fourth-order valence-electron chi connectivity index (χ4n) is 2.54. The lowest BCUT2D eigenvalue weighted by Gasteiger charge is -2.41. The smallest absolute Gasteiger partial charge is 0.367 e. The highest BCUT2D eigenvalue weighted by molar-refractivity contribution is 5.79. The second kappa shape index (κ2) is 4.78. The average molecular weight is 249 g/mol. The normalized spacial score (nSPS) is 25.3. The maximum Gasteiger partial charge on any atom is 0.367 e. The van der Waals surface area contributed by atoms with Gasteiger partial charge in [-0.25, -0.2) is 4.79 Å². The number of hydrogen-bond donors (Lipinski definition) is 2. The molecule has 1 amide bonds. The van der Waals surface area contributed by atoms with Crippen molar-refractivity contribution in [3.63, 3.8) is 0 Å². The number of likely N-dealkylation sites (N-methyl/N-ethyl adjacent to an activating group) is 1. The molecule has 0 saturated carbocycles. The Bertz CT molecular complexity index is 461. The van der Waals surface area contributed by atoms with Gasteiger partial charge >= 0.3 is 5.97 Å². The van der Waals surface area contributed by atoms with Crippen LogP contribution in [0.15, 0.2) is 30.3 Å². The number of carbonyl (C=O) groups excluding carboxylic acids is 1. The lowest BCUT2D eigenvalue weighted by molar-refractivity contribution is -0.924. The predicted molar refractivity (Wildman–Crippen MR) is 65.7 cm³/mol. The van der Waals surface area contributed by atoms with Crippen molar-refractivity contribution in [1.29, 1.82) is 0 Å². The summed E-state index contributed by atoms with van der Waals surface area (Å²) in [5.74, 6) is -0.982. The third-order valence-corrected chi connectivity index (χ3v) is 3.42. The van der Waals surface area contributed by atoms with Crippen molar-refractivity contribution in [2.24, 2.45) is 0 Å². The number of piperazine rings is 1. The van der Waals surface area contributed by atoms with Crippen LogP contribution in [0.25, 0.3) is 0 Å². The Labute approximate surface area is 106 Å². The van der Waals surface area contributed by atoms with Crippen molar-refractivity contribution >= 4 is 11.9 Å². The van der Waals surface area contributed by atoms with Crippen molar-refractivity contribution in [3.05, 3.63) is 35.9 Å². The zero-order valence-corrected chi connectivity index (χ0v) is 10.3. The molecule has 1 aromatic carbocycles. The fraction of sp³-hybridized carbons (Fsp3) is 0.385. The second-order valence-corrected chi connectivity index (χ2v) is 4.86. The first-order chi connectivity index (χ1) is 8.53. The molecule has 1 fully saturated rings. The van der Waals surface area contributed by atoms with Gasteiger partial charge in [0, 0.05) is 5.56 Å². The highest BCUT2D eigenvalue weighted by atomic mass is 16.4. The molecular formula is C13H17N2O3+. The molecule has 5 nitrogen and oxygen atoms in total. The van der Waals surface area contributed by atoms with Crippen LogP contribution in [0.2, 0.25) is 0 Å². The van der Waals surface area contributed by atoms with Crippen molar-refractivity contribution in [2.45, 2.75) is 6.04 Å². The maximum absolute atomic E-state index is 11.6. The summed E-state index contributed by atoms with van der Waals surface area (Å²) in [5, 5.41) is 12.2. The highest BCUT2D eigenvalue weighted by Crippen LogP contribution is 2.27. The molecule has 96 valence electrons. The largest absolute Gasteiger partial charge is 0.477 e. The Morgan fingerprint density at radius 1 is 1.39 bits per heavy atom. The summed E-state index contributed by atoms with van der Waals surface area (Å²) in [7, 11) is 1.82. The van der Waals surface area contributed by atoms with E-state index in [1.165, 1.54) is 0 Å². The number of nitrogens with zero attached hydrogens (tertiary/aromatic N) is 1. The van der Waals surface area contributed by atoms with Crippen LogP contribution in [0.5, 0.6) is 0 Å². The minimum atomic E-state index is -0.890. The molecule has 0 spiro atoms. The van der Waals surface area contributed by atoms with Crippen LogP contribution in [0.3, 0.4) is 0 Å². The first kappa shape index (κ1) is 12.6. The van der Waals surface area contributed by atoms with Crippen LogP contribution >= 0.6 is 0 Å². The van der Waals surface area contributed by atoms with Gasteiger partial charge in [0.05, 0.1) is 20.1 Å². The van der Waals surface area contributed by atoms with Crippen molar-refractivity contribution in [3.8, 4) is 0 Å². The Hall–Kier alpha value is -1.88. The number of benzene rings is 1. The Balaban J connectivity index is 2.36. The SMILES string of the molecule is C[N+]1(C(C(=O)O)c2ccccc2)CCNC(=O)C1. The number of carboxylic acid groups (broad SMARTS) is 1. The molecule has 2 unspecified atom stereocenters. The Morgan fingerprint density at radius 3 is 2.61 bits per heavy atom. The maximum atomic E-state index is 11.6. The van der Waals surface area contributed by atoms with Gasteiger partial charge in [-0.2, -0.15) is 0 Å². The van der Waals surface area contributed by atoms with Crippen molar-refractivity contribution in [2.75, 3.05) is 26.7 Å². The quantitative estimate of drug-likeness (QED) is 0.761. The van der Waals surface area contributed by atoms with Crippen LogP contribution in [-0.2, 0) is 9.59 Å². The second-order valence-electron chi connectivity index (χ2n) is 4.86. The van der Waals surface area contributed by atoms with E-state index in [2.05, 4.69) is 5.32 Å². The number of carboxylic acids is 1. The summed E-state index contributed by atoms with van der Waals surface area (Å²) in [6.07, 6.45) is 0. The third kappa shape index (κ3) is 2.36. The molecule has 0 aliphatic carbocycles. The van der Waals surface area contributed by atoms with E-state index in [0.29, 0.717) is 13.1 Å². The molecule has 1 aromatic rings. The Kier molecular flexibility index (Phi) is 3.34. The summed E-state index contributed by atoms with van der Waals surface area (Å²) >= 11 is 0. The van der Waals surface area contributed by atoms with Crippen LogP contribution in [0, 0.1) is 0 Å². The molecule has 1 aliphatic rings. The van der Waals surface area contributed by atoms with Crippen LogP contribution in [0.4, 0.5) is 0 Å². The Morgan fingerprint density at radius 2 is 2.06 bits per heavy atom. The number of amides is 1. The fourth-order valence-corrected chi connectivity index (χ4v) is 2.54. The molecule has 1 saturated heterocycles. The van der Waals surface area contributed by atoms with E-state index >= 15 is 0 Å². The van der Waals surface area contributed by atoms with Gasteiger partial charge in [0.2, 0.25) is 6.04 Å². The summed E-state index contributed by atoms with van der Waals surface area (Å²) in [6.45, 7) is 1.34. The van der Waals surface area contributed by atoms with Gasteiger partial charge in [-0.05, 0) is 0 Å². The molecular weight excluding hydrogens is 232 g/mol. The molecule has 1 heterocycles. The van der Waals surface area contributed by atoms with Gasteiger partial charge < -0.3 is 14.9 Å². The first-order valence-corrected chi connectivity index (χ1v) is 5.91. The van der Waals surface area contributed by atoms with E-state index in [1.807, 2.05) is 25.2 Å². The number of quaternary nitrogens is 1. The third-order valence-electron chi connectivity index (χ3n) is 3.42. The number of carbonyl (C=O) groups is 2. The molecule has 2 rings (SSSR count). The van der Waals surface area contributed by atoms with E-state index in [1.54, 1.807) is 12.1 Å². The number of nitrogens with one attached hydrogen (secondary N) is 1. The van der Waals surface area contributed by atoms with Gasteiger partial charge in [0.25, 0.3) is 5.91 Å². The van der Waals surface area contributed by atoms with E-state index in [-0.39, 0.29) is 16.9 Å². The van der Waals surface area contributed by atoms with Gasteiger partial charge in [-0.3, -0.25) is 4.79 Å². The summed E-state index contributed by atoms with van der Waals surface area (Å²) < 4.78 is 0.213. The van der Waals surface area contributed by atoms with E-state index in [4.69, 9.17) is 0 Å². The van der Waals surface area contributed by atoms with E-state index in [0.717, 1.165) is 5.56 Å².